The summed E-state index contributed by atoms with van der Waals surface area (Å²) in [7, 11) is 0. The monoisotopic (exact) mass is 245 g/mol. The number of nitrogens with zero attached hydrogens (tertiary/aromatic N) is 1. The molecule has 0 unspecified atom stereocenters. The molecule has 2 aromatic rings. The standard InChI is InChI=1S/C14H15NOS/c1-11(2)6-8-16-14-5-3-4-13(15-14)12-7-9-17-10-12/h3-7,9-10H,8H2,1-2H3. The highest BCUT2D eigenvalue weighted by Crippen LogP contribution is 2.21. The third-order valence-corrected chi connectivity index (χ3v) is 2.95. The first kappa shape index (κ1) is 11.9. The van der Waals surface area contributed by atoms with Crippen LogP contribution in [0.1, 0.15) is 13.8 Å². The molecule has 0 aliphatic rings. The maximum atomic E-state index is 5.57. The number of allylic oxidation sites excluding steroid dienone is 1. The average molecular weight is 245 g/mol. The molecule has 0 fully saturated rings. The molecule has 0 saturated heterocycles. The van der Waals surface area contributed by atoms with Gasteiger partial charge in [0, 0.05) is 17.0 Å². The van der Waals surface area contributed by atoms with Crippen molar-refractivity contribution in [3.05, 3.63) is 46.7 Å². The van der Waals surface area contributed by atoms with Crippen molar-refractivity contribution in [1.82, 2.24) is 4.98 Å². The molecule has 17 heavy (non-hydrogen) atoms. The number of thiophene rings is 1. The largest absolute Gasteiger partial charge is 0.473 e. The molecule has 0 N–H and O–H groups in total. The Morgan fingerprint density at radius 1 is 1.35 bits per heavy atom. The molecule has 2 heterocycles. The van der Waals surface area contributed by atoms with Gasteiger partial charge in [-0.2, -0.15) is 11.3 Å². The fourth-order valence-corrected chi connectivity index (χ4v) is 2.01. The normalized spacial score (nSPS) is 10.0. The SMILES string of the molecule is CC(C)=CCOc1cccc(-c2ccsc2)n1. The molecule has 0 saturated carbocycles. The highest BCUT2D eigenvalue weighted by Gasteiger charge is 2.01. The lowest BCUT2D eigenvalue weighted by atomic mass is 10.2. The van der Waals surface area contributed by atoms with E-state index in [1.54, 1.807) is 11.3 Å². The van der Waals surface area contributed by atoms with Crippen LogP contribution in [0.15, 0.2) is 46.7 Å². The van der Waals surface area contributed by atoms with Crippen LogP contribution in [0.25, 0.3) is 11.3 Å². The van der Waals surface area contributed by atoms with Gasteiger partial charge in [0.2, 0.25) is 5.88 Å². The van der Waals surface area contributed by atoms with Crippen LogP contribution in [0.5, 0.6) is 5.88 Å². The van der Waals surface area contributed by atoms with E-state index in [1.165, 1.54) is 5.57 Å². The minimum atomic E-state index is 0.572. The fraction of sp³-hybridized carbons (Fsp3) is 0.214. The number of hydrogen-bond donors (Lipinski definition) is 0. The van der Waals surface area contributed by atoms with Crippen LogP contribution < -0.4 is 4.74 Å². The van der Waals surface area contributed by atoms with Crippen LogP contribution in [0.4, 0.5) is 0 Å². The molecule has 2 rings (SSSR count). The van der Waals surface area contributed by atoms with Crippen molar-refractivity contribution in [2.45, 2.75) is 13.8 Å². The summed E-state index contributed by atoms with van der Waals surface area (Å²) in [6.07, 6.45) is 2.04. The molecule has 2 nitrogen and oxygen atoms in total. The van der Waals surface area contributed by atoms with Crippen LogP contribution >= 0.6 is 11.3 Å². The summed E-state index contributed by atoms with van der Waals surface area (Å²) in [5, 5.41) is 4.13. The van der Waals surface area contributed by atoms with Crippen molar-refractivity contribution < 1.29 is 4.74 Å². The van der Waals surface area contributed by atoms with E-state index in [9.17, 15) is 0 Å². The summed E-state index contributed by atoms with van der Waals surface area (Å²) < 4.78 is 5.57. The first-order valence-corrected chi connectivity index (χ1v) is 6.46. The third-order valence-electron chi connectivity index (χ3n) is 2.26. The molecule has 2 aromatic heterocycles. The van der Waals surface area contributed by atoms with Crippen LogP contribution in [0.2, 0.25) is 0 Å². The van der Waals surface area contributed by atoms with Gasteiger partial charge in [0.1, 0.15) is 6.61 Å². The Balaban J connectivity index is 2.10. The summed E-state index contributed by atoms with van der Waals surface area (Å²) >= 11 is 1.67. The van der Waals surface area contributed by atoms with Crippen LogP contribution in [0, 0.1) is 0 Å². The molecule has 0 spiro atoms. The van der Waals surface area contributed by atoms with Gasteiger partial charge >= 0.3 is 0 Å². The van der Waals surface area contributed by atoms with Crippen LogP contribution in [0.3, 0.4) is 0 Å². The minimum absolute atomic E-state index is 0.572. The fourth-order valence-electron chi connectivity index (χ4n) is 1.36. The summed E-state index contributed by atoms with van der Waals surface area (Å²) in [4.78, 5) is 4.47. The zero-order valence-corrected chi connectivity index (χ0v) is 10.8. The second-order valence-electron chi connectivity index (χ2n) is 3.97. The molecular weight excluding hydrogens is 230 g/mol. The second-order valence-corrected chi connectivity index (χ2v) is 4.75. The summed E-state index contributed by atoms with van der Waals surface area (Å²) in [5.41, 5.74) is 3.35. The number of aromatic nitrogens is 1. The van der Waals surface area contributed by atoms with Gasteiger partial charge in [0.25, 0.3) is 0 Å². The zero-order valence-electron chi connectivity index (χ0n) is 10.0. The van der Waals surface area contributed by atoms with Crippen molar-refractivity contribution in [2.24, 2.45) is 0 Å². The Labute approximate surface area is 106 Å². The highest BCUT2D eigenvalue weighted by molar-refractivity contribution is 7.08. The van der Waals surface area contributed by atoms with Gasteiger partial charge in [-0.05, 0) is 37.4 Å². The van der Waals surface area contributed by atoms with E-state index in [1.807, 2.05) is 29.7 Å². The van der Waals surface area contributed by atoms with E-state index < -0.39 is 0 Å². The van der Waals surface area contributed by atoms with Crippen molar-refractivity contribution in [2.75, 3.05) is 6.61 Å². The van der Waals surface area contributed by atoms with Crippen molar-refractivity contribution >= 4 is 11.3 Å². The first-order valence-electron chi connectivity index (χ1n) is 5.51. The van der Waals surface area contributed by atoms with Gasteiger partial charge in [-0.3, -0.25) is 0 Å². The minimum Gasteiger partial charge on any atom is -0.473 e. The van der Waals surface area contributed by atoms with Gasteiger partial charge in [-0.25, -0.2) is 4.98 Å². The lowest BCUT2D eigenvalue weighted by molar-refractivity contribution is 0.348. The smallest absolute Gasteiger partial charge is 0.214 e. The molecule has 0 aliphatic carbocycles. The topological polar surface area (TPSA) is 22.1 Å². The predicted octanol–water partition coefficient (Wildman–Crippen LogP) is 4.16. The zero-order chi connectivity index (χ0) is 12.1. The molecule has 88 valence electrons. The van der Waals surface area contributed by atoms with E-state index in [0.717, 1.165) is 11.3 Å². The molecular formula is C14H15NOS. The van der Waals surface area contributed by atoms with Gasteiger partial charge in [-0.15, -0.1) is 0 Å². The summed E-state index contributed by atoms with van der Waals surface area (Å²) in [5.74, 6) is 0.672. The van der Waals surface area contributed by atoms with E-state index in [4.69, 9.17) is 4.74 Å². The van der Waals surface area contributed by atoms with Crippen molar-refractivity contribution in [1.29, 1.82) is 0 Å². The second kappa shape index (κ2) is 5.64. The molecule has 3 heteroatoms. The Kier molecular flexibility index (Phi) is 3.94. The Hall–Kier alpha value is -1.61. The Morgan fingerprint density at radius 2 is 2.24 bits per heavy atom. The molecule has 0 radical (unpaired) electrons. The maximum absolute atomic E-state index is 5.57. The van der Waals surface area contributed by atoms with Crippen LogP contribution in [-0.2, 0) is 0 Å². The quantitative estimate of drug-likeness (QED) is 0.755. The molecule has 0 amide bonds. The number of hydrogen-bond acceptors (Lipinski definition) is 3. The molecule has 0 aliphatic heterocycles. The summed E-state index contributed by atoms with van der Waals surface area (Å²) in [6, 6.07) is 7.91. The Morgan fingerprint density at radius 3 is 2.94 bits per heavy atom. The highest BCUT2D eigenvalue weighted by atomic mass is 32.1. The summed E-state index contributed by atoms with van der Waals surface area (Å²) in [6.45, 7) is 4.68. The van der Waals surface area contributed by atoms with Gasteiger partial charge in [0.05, 0.1) is 5.69 Å². The first-order chi connectivity index (χ1) is 8.25. The molecule has 0 bridgehead atoms. The predicted molar refractivity (Wildman–Crippen MR) is 72.5 cm³/mol. The lowest BCUT2D eigenvalue weighted by Crippen LogP contribution is -1.96. The third kappa shape index (κ3) is 3.43. The van der Waals surface area contributed by atoms with Crippen molar-refractivity contribution in [3.63, 3.8) is 0 Å². The van der Waals surface area contributed by atoms with Gasteiger partial charge < -0.3 is 4.74 Å². The van der Waals surface area contributed by atoms with E-state index in [-0.39, 0.29) is 0 Å². The van der Waals surface area contributed by atoms with E-state index in [2.05, 4.69) is 30.3 Å². The number of pyridine rings is 1. The lowest BCUT2D eigenvalue weighted by Gasteiger charge is -2.04. The number of ether oxygens (including phenoxy) is 1. The maximum Gasteiger partial charge on any atom is 0.214 e. The van der Waals surface area contributed by atoms with Crippen LogP contribution in [-0.4, -0.2) is 11.6 Å². The van der Waals surface area contributed by atoms with Gasteiger partial charge in [-0.1, -0.05) is 11.6 Å². The Bertz CT molecular complexity index is 499. The van der Waals surface area contributed by atoms with Crippen molar-refractivity contribution in [3.8, 4) is 17.1 Å². The molecule has 0 atom stereocenters. The van der Waals surface area contributed by atoms with E-state index >= 15 is 0 Å². The van der Waals surface area contributed by atoms with E-state index in [0.29, 0.717) is 12.5 Å². The molecule has 0 aromatic carbocycles. The van der Waals surface area contributed by atoms with Gasteiger partial charge in [0.15, 0.2) is 0 Å². The number of rotatable bonds is 4. The average Bonchev–Trinajstić information content (AvgIpc) is 2.82.